The number of hydrogen-bond donors (Lipinski definition) is 0. The van der Waals surface area contributed by atoms with Crippen LogP contribution >= 0.6 is 11.7 Å². The van der Waals surface area contributed by atoms with Gasteiger partial charge in [0.15, 0.2) is 0 Å². The molecule has 0 N–H and O–H groups in total. The van der Waals surface area contributed by atoms with Gasteiger partial charge in [0.1, 0.15) is 11.0 Å². The average Bonchev–Trinajstić information content (AvgIpc) is 3.97. The molecule has 10 radical (unpaired) electrons. The van der Waals surface area contributed by atoms with E-state index < -0.39 is 0 Å². The summed E-state index contributed by atoms with van der Waals surface area (Å²) in [5, 5.41) is 0. The zero-order valence-electron chi connectivity index (χ0n) is 26.3. The zero-order chi connectivity index (χ0) is 32.4. The number of anilines is 3. The summed E-state index contributed by atoms with van der Waals surface area (Å²) in [5.74, 6) is 14.0. The molecule has 0 aliphatic heterocycles. The molecule has 2 fully saturated rings. The molecule has 5 aromatic carbocycles. The van der Waals surface area contributed by atoms with Crippen LogP contribution in [0.4, 0.5) is 17.1 Å². The molecular formula is C44H29FeN3S+2. The van der Waals surface area contributed by atoms with Crippen molar-refractivity contribution in [3.8, 4) is 34.8 Å². The maximum atomic E-state index is 4.65. The molecule has 1 aromatic heterocycles. The second-order valence-corrected chi connectivity index (χ2v) is 11.4. The fraction of sp³-hybridized carbons (Fsp3) is 0. The molecule has 5 heteroatoms. The summed E-state index contributed by atoms with van der Waals surface area (Å²) in [6.07, 6.45) is 18.0. The van der Waals surface area contributed by atoms with E-state index >= 15 is 0 Å². The van der Waals surface area contributed by atoms with E-state index in [4.69, 9.17) is 0 Å². The van der Waals surface area contributed by atoms with Crippen molar-refractivity contribution >= 4 is 39.8 Å². The Morgan fingerprint density at radius 1 is 0.449 bits per heavy atom. The van der Waals surface area contributed by atoms with Crippen LogP contribution in [-0.2, 0) is 17.1 Å². The fourth-order valence-electron chi connectivity index (χ4n) is 5.29. The number of rotatable bonds is 4. The van der Waals surface area contributed by atoms with Crippen molar-refractivity contribution in [3.05, 3.63) is 202 Å². The van der Waals surface area contributed by atoms with Crippen molar-refractivity contribution < 1.29 is 17.1 Å². The molecule has 3 nitrogen and oxygen atoms in total. The van der Waals surface area contributed by atoms with Gasteiger partial charge in [-0.25, -0.2) is 0 Å². The number of aromatic nitrogens is 2. The Labute approximate surface area is 305 Å². The van der Waals surface area contributed by atoms with Crippen LogP contribution in [0.3, 0.4) is 0 Å². The Morgan fingerprint density at radius 2 is 0.959 bits per heavy atom. The summed E-state index contributed by atoms with van der Waals surface area (Å²) >= 11 is 1.22. The van der Waals surface area contributed by atoms with Crippen LogP contribution < -0.4 is 4.90 Å². The third kappa shape index (κ3) is 8.70. The standard InChI is InChI=1S/C39H24N3S.C5H5.Fe/c1-3-11-34(12-4-1)42(35-13-5-2-6-14-35)36-26-23-32(24-27-36)37-28-25-33(38-39(37)41-43-40-38)22-21-31-19-17-30(18-20-31)16-15-29-9-7-8-10-29;1-2-4-5-3-1;/h1-14,17-20,23-28H;1-5H;/q;;+2. The molecule has 0 bridgehead atoms. The van der Waals surface area contributed by atoms with Gasteiger partial charge >= 0.3 is 17.1 Å². The first-order valence-electron chi connectivity index (χ1n) is 15.6. The molecule has 0 amide bonds. The number of hydrogen-bond acceptors (Lipinski definition) is 4. The largest absolute Gasteiger partial charge is 2.00 e. The predicted molar refractivity (Wildman–Crippen MR) is 199 cm³/mol. The first kappa shape index (κ1) is 34.2. The Kier molecular flexibility index (Phi) is 12.0. The van der Waals surface area contributed by atoms with Crippen molar-refractivity contribution in [2.45, 2.75) is 0 Å². The fourth-order valence-corrected chi connectivity index (χ4v) is 5.86. The number of nitrogens with zero attached hydrogens (tertiary/aromatic N) is 3. The molecule has 2 aliphatic rings. The number of benzene rings is 5. The van der Waals surface area contributed by atoms with Gasteiger partial charge in [0.25, 0.3) is 0 Å². The zero-order valence-corrected chi connectivity index (χ0v) is 28.3. The molecule has 49 heavy (non-hydrogen) atoms. The van der Waals surface area contributed by atoms with Crippen LogP contribution in [0, 0.1) is 87.4 Å². The van der Waals surface area contributed by atoms with Crippen molar-refractivity contribution in [2.24, 2.45) is 0 Å². The van der Waals surface area contributed by atoms with E-state index in [9.17, 15) is 0 Å². The molecular weight excluding hydrogens is 658 g/mol. The topological polar surface area (TPSA) is 29.0 Å². The maximum absolute atomic E-state index is 4.65. The summed E-state index contributed by atoms with van der Waals surface area (Å²) in [6.45, 7) is 0. The van der Waals surface area contributed by atoms with Gasteiger partial charge in [0.2, 0.25) is 0 Å². The number of para-hydroxylation sites is 2. The number of fused-ring (bicyclic) bond motifs is 1. The van der Waals surface area contributed by atoms with E-state index in [2.05, 4.69) is 116 Å². The average molecular weight is 688 g/mol. The Hall–Kier alpha value is -4.64. The second kappa shape index (κ2) is 17.1. The summed E-state index contributed by atoms with van der Waals surface area (Å²) in [4.78, 5) is 2.25. The molecule has 0 saturated heterocycles. The van der Waals surface area contributed by atoms with Gasteiger partial charge in [-0.05, 0) is 130 Å². The van der Waals surface area contributed by atoms with Gasteiger partial charge in [-0.15, -0.1) is 0 Å². The minimum Gasteiger partial charge on any atom is -0.311 e. The quantitative estimate of drug-likeness (QED) is 0.137. The Balaban J connectivity index is 0.000000639. The monoisotopic (exact) mass is 687 g/mol. The van der Waals surface area contributed by atoms with Crippen molar-refractivity contribution in [3.63, 3.8) is 0 Å². The van der Waals surface area contributed by atoms with Crippen LogP contribution in [0.25, 0.3) is 22.2 Å². The van der Waals surface area contributed by atoms with Gasteiger partial charge < -0.3 is 4.90 Å². The van der Waals surface area contributed by atoms with E-state index in [1.807, 2.05) is 100 Å². The first-order chi connectivity index (χ1) is 23.8. The van der Waals surface area contributed by atoms with Gasteiger partial charge in [0.05, 0.1) is 23.2 Å². The summed E-state index contributed by atoms with van der Waals surface area (Å²) in [6, 6.07) is 41.6. The molecule has 232 valence electrons. The van der Waals surface area contributed by atoms with Crippen molar-refractivity contribution in [2.75, 3.05) is 4.90 Å². The van der Waals surface area contributed by atoms with E-state index in [0.717, 1.165) is 61.8 Å². The summed E-state index contributed by atoms with van der Waals surface area (Å²) < 4.78 is 9.26. The van der Waals surface area contributed by atoms with Gasteiger partial charge in [-0.3, -0.25) is 0 Å². The minimum atomic E-state index is 0. The maximum Gasteiger partial charge on any atom is 2.00 e. The molecule has 1 heterocycles. The molecule has 6 aromatic rings. The van der Waals surface area contributed by atoms with Gasteiger partial charge in [-0.2, -0.15) is 8.75 Å². The molecule has 8 rings (SSSR count). The smallest absolute Gasteiger partial charge is 0.311 e. The SMILES string of the molecule is C(#Cc1ccc(C#Cc2ccc(-c3ccc(N(c4ccccc4)c4ccccc4)cc3)c3nsnc23)cc1)[C]1[CH][CH][CH][CH]1.[CH]1[CH][CH][CH][CH]1.[Fe+2]. The van der Waals surface area contributed by atoms with Crippen LogP contribution in [0.15, 0.2) is 121 Å². The third-order valence-electron chi connectivity index (χ3n) is 7.68. The second-order valence-electron chi connectivity index (χ2n) is 10.9. The van der Waals surface area contributed by atoms with Gasteiger partial charge in [-0.1, -0.05) is 78.3 Å². The Morgan fingerprint density at radius 3 is 1.53 bits per heavy atom. The van der Waals surface area contributed by atoms with E-state index in [1.54, 1.807) is 0 Å². The summed E-state index contributed by atoms with van der Waals surface area (Å²) in [5.41, 5.74) is 9.87. The van der Waals surface area contributed by atoms with Crippen LogP contribution in [0.5, 0.6) is 0 Å². The van der Waals surface area contributed by atoms with Gasteiger partial charge in [0, 0.05) is 33.8 Å². The van der Waals surface area contributed by atoms with E-state index in [1.165, 1.54) is 11.7 Å². The van der Waals surface area contributed by atoms with E-state index in [0.29, 0.717) is 0 Å². The normalized spacial score (nSPS) is 13.6. The first-order valence-corrected chi connectivity index (χ1v) is 16.3. The summed E-state index contributed by atoms with van der Waals surface area (Å²) in [7, 11) is 0. The molecule has 2 aliphatic carbocycles. The van der Waals surface area contributed by atoms with Crippen molar-refractivity contribution in [1.29, 1.82) is 0 Å². The van der Waals surface area contributed by atoms with Crippen molar-refractivity contribution in [1.82, 2.24) is 8.75 Å². The third-order valence-corrected chi connectivity index (χ3v) is 8.20. The molecule has 2 saturated carbocycles. The molecule has 0 unspecified atom stereocenters. The van der Waals surface area contributed by atoms with Crippen LogP contribution in [0.2, 0.25) is 0 Å². The Bertz CT molecular complexity index is 2010. The van der Waals surface area contributed by atoms with Crippen LogP contribution in [0.1, 0.15) is 16.7 Å². The minimum absolute atomic E-state index is 0. The van der Waals surface area contributed by atoms with E-state index in [-0.39, 0.29) is 17.1 Å². The predicted octanol–water partition coefficient (Wildman–Crippen LogP) is 10.0. The molecule has 0 atom stereocenters. The molecule has 0 spiro atoms. The van der Waals surface area contributed by atoms with Crippen LogP contribution in [-0.4, -0.2) is 8.75 Å².